The smallest absolute Gasteiger partial charge is 0.240 e. The van der Waals surface area contributed by atoms with Gasteiger partial charge in [0.15, 0.2) is 10.8 Å². The van der Waals surface area contributed by atoms with Crippen LogP contribution in [0.25, 0.3) is 16.6 Å². The number of carbonyl (C=O) groups is 1. The molecule has 0 saturated carbocycles. The third-order valence-electron chi connectivity index (χ3n) is 5.04. The van der Waals surface area contributed by atoms with Crippen molar-refractivity contribution in [2.24, 2.45) is 0 Å². The molecule has 0 fully saturated rings. The average Bonchev–Trinajstić information content (AvgIpc) is 3.31. The molecule has 1 aliphatic heterocycles. The van der Waals surface area contributed by atoms with Gasteiger partial charge >= 0.3 is 0 Å². The predicted molar refractivity (Wildman–Crippen MR) is 111 cm³/mol. The van der Waals surface area contributed by atoms with Gasteiger partial charge < -0.3 is 4.90 Å². The Kier molecular flexibility index (Phi) is 4.05. The number of thioether (sulfide) groups is 1. The maximum absolute atomic E-state index is 13.1. The number of fused-ring (bicyclic) bond motifs is 4. The van der Waals surface area contributed by atoms with Gasteiger partial charge in [0.05, 0.1) is 10.8 Å². The molecule has 7 heteroatoms. The highest BCUT2D eigenvalue weighted by Gasteiger charge is 2.29. The Hall–Kier alpha value is -2.93. The molecule has 0 spiro atoms. The minimum atomic E-state index is -0.285. The molecule has 5 rings (SSSR count). The average molecular weight is 389 g/mol. The van der Waals surface area contributed by atoms with Gasteiger partial charge in [0, 0.05) is 17.6 Å². The fraction of sp³-hybridized carbons (Fsp3) is 0.238. The number of aromatic nitrogens is 4. The molecule has 0 N–H and O–H groups in total. The second kappa shape index (κ2) is 6.60. The molecule has 4 aromatic rings. The fourth-order valence-electron chi connectivity index (χ4n) is 3.70. The van der Waals surface area contributed by atoms with E-state index in [1.54, 1.807) is 4.52 Å². The number of hydrogen-bond acceptors (Lipinski definition) is 5. The molecule has 1 amide bonds. The van der Waals surface area contributed by atoms with Gasteiger partial charge in [-0.3, -0.25) is 4.79 Å². The van der Waals surface area contributed by atoms with E-state index in [4.69, 9.17) is 4.98 Å². The van der Waals surface area contributed by atoms with Crippen LogP contribution in [0, 0.1) is 6.92 Å². The van der Waals surface area contributed by atoms with Crippen molar-refractivity contribution in [2.45, 2.75) is 30.7 Å². The summed E-state index contributed by atoms with van der Waals surface area (Å²) < 4.78 is 1.75. The van der Waals surface area contributed by atoms with Crippen molar-refractivity contribution in [3.05, 3.63) is 59.9 Å². The molecule has 2 aromatic heterocycles. The molecule has 1 unspecified atom stereocenters. The molecule has 6 nitrogen and oxygen atoms in total. The monoisotopic (exact) mass is 389 g/mol. The second-order valence-corrected chi connectivity index (χ2v) is 8.24. The lowest BCUT2D eigenvalue weighted by atomic mass is 10.2. The molecule has 1 aliphatic rings. The van der Waals surface area contributed by atoms with Gasteiger partial charge in [-0.25, -0.2) is 9.97 Å². The molecule has 2 aromatic carbocycles. The molecule has 0 radical (unpaired) electrons. The zero-order valence-electron chi connectivity index (χ0n) is 15.7. The topological polar surface area (TPSA) is 63.4 Å². The highest BCUT2D eigenvalue weighted by molar-refractivity contribution is 8.00. The summed E-state index contributed by atoms with van der Waals surface area (Å²) in [6.07, 6.45) is 0.903. The lowest BCUT2D eigenvalue weighted by Gasteiger charge is -2.21. The summed E-state index contributed by atoms with van der Waals surface area (Å²) in [6.45, 7) is 4.53. The van der Waals surface area contributed by atoms with Crippen LogP contribution in [-0.2, 0) is 11.2 Å². The van der Waals surface area contributed by atoms with Crippen molar-refractivity contribution < 1.29 is 4.79 Å². The van der Waals surface area contributed by atoms with Crippen molar-refractivity contribution in [3.8, 4) is 0 Å². The Bertz CT molecular complexity index is 1220. The van der Waals surface area contributed by atoms with Crippen LogP contribution < -0.4 is 4.90 Å². The number of nitrogens with zero attached hydrogens (tertiary/aromatic N) is 5. The van der Waals surface area contributed by atoms with E-state index in [0.717, 1.165) is 35.2 Å². The summed E-state index contributed by atoms with van der Waals surface area (Å²) >= 11 is 1.43. The molecule has 0 aliphatic carbocycles. The Morgan fingerprint density at radius 2 is 1.89 bits per heavy atom. The molecule has 0 bridgehead atoms. The number of para-hydroxylation sites is 2. The van der Waals surface area contributed by atoms with Crippen LogP contribution in [0.4, 0.5) is 5.69 Å². The number of benzene rings is 2. The summed E-state index contributed by atoms with van der Waals surface area (Å²) in [5.74, 6) is 0.780. The van der Waals surface area contributed by atoms with Gasteiger partial charge in [-0.2, -0.15) is 4.52 Å². The van der Waals surface area contributed by atoms with E-state index < -0.39 is 0 Å². The number of hydrogen-bond donors (Lipinski definition) is 0. The second-order valence-electron chi connectivity index (χ2n) is 6.93. The molecule has 140 valence electrons. The molecule has 0 saturated heterocycles. The summed E-state index contributed by atoms with van der Waals surface area (Å²) in [6, 6.07) is 16.0. The van der Waals surface area contributed by atoms with Gasteiger partial charge in [0.2, 0.25) is 5.91 Å². The first-order valence-electron chi connectivity index (χ1n) is 9.30. The minimum Gasteiger partial charge on any atom is -0.311 e. The number of amides is 1. The number of carbonyl (C=O) groups excluding carboxylic acids is 1. The van der Waals surface area contributed by atoms with Gasteiger partial charge in [0.1, 0.15) is 5.82 Å². The number of rotatable bonds is 3. The van der Waals surface area contributed by atoms with Crippen LogP contribution in [0.1, 0.15) is 18.3 Å². The Morgan fingerprint density at radius 1 is 1.11 bits per heavy atom. The lowest BCUT2D eigenvalue weighted by molar-refractivity contribution is -0.117. The maximum Gasteiger partial charge on any atom is 0.240 e. The third-order valence-corrected chi connectivity index (χ3v) is 6.07. The summed E-state index contributed by atoms with van der Waals surface area (Å²) in [5.41, 5.74) is 3.88. The first kappa shape index (κ1) is 17.2. The normalized spacial score (nSPS) is 14.6. The van der Waals surface area contributed by atoms with Crippen LogP contribution in [0.3, 0.4) is 0 Å². The highest BCUT2D eigenvalue weighted by Crippen LogP contribution is 2.32. The number of anilines is 1. The predicted octanol–water partition coefficient (Wildman–Crippen LogP) is 3.66. The summed E-state index contributed by atoms with van der Waals surface area (Å²) in [7, 11) is 0. The van der Waals surface area contributed by atoms with Crippen molar-refractivity contribution in [1.29, 1.82) is 0 Å². The molecule has 3 heterocycles. The van der Waals surface area contributed by atoms with Crippen molar-refractivity contribution in [1.82, 2.24) is 19.6 Å². The van der Waals surface area contributed by atoms with E-state index in [1.165, 1.54) is 17.3 Å². The van der Waals surface area contributed by atoms with E-state index in [-0.39, 0.29) is 11.2 Å². The Morgan fingerprint density at radius 3 is 2.79 bits per heavy atom. The zero-order chi connectivity index (χ0) is 19.3. The largest absolute Gasteiger partial charge is 0.311 e. The number of aryl methyl sites for hydroxylation is 1. The van der Waals surface area contributed by atoms with Crippen molar-refractivity contribution in [3.63, 3.8) is 0 Å². The molecule has 1 atom stereocenters. The summed E-state index contributed by atoms with van der Waals surface area (Å²) in [5, 5.41) is 5.86. The van der Waals surface area contributed by atoms with Crippen LogP contribution in [0.2, 0.25) is 0 Å². The molecular formula is C21H19N5OS. The quantitative estimate of drug-likeness (QED) is 0.395. The van der Waals surface area contributed by atoms with E-state index in [1.807, 2.05) is 61.2 Å². The van der Waals surface area contributed by atoms with Crippen LogP contribution in [0.5, 0.6) is 0 Å². The summed E-state index contributed by atoms with van der Waals surface area (Å²) in [4.78, 5) is 24.4. The minimum absolute atomic E-state index is 0.0925. The van der Waals surface area contributed by atoms with Gasteiger partial charge in [-0.05, 0) is 44.0 Å². The van der Waals surface area contributed by atoms with Gasteiger partial charge in [0.25, 0.3) is 0 Å². The van der Waals surface area contributed by atoms with Gasteiger partial charge in [-0.1, -0.05) is 42.1 Å². The van der Waals surface area contributed by atoms with E-state index >= 15 is 0 Å². The van der Waals surface area contributed by atoms with E-state index in [9.17, 15) is 4.79 Å². The van der Waals surface area contributed by atoms with Crippen LogP contribution >= 0.6 is 11.8 Å². The zero-order valence-corrected chi connectivity index (χ0v) is 16.5. The van der Waals surface area contributed by atoms with Crippen molar-refractivity contribution >= 4 is 39.9 Å². The maximum atomic E-state index is 13.1. The van der Waals surface area contributed by atoms with Gasteiger partial charge in [-0.15, -0.1) is 5.10 Å². The molecule has 28 heavy (non-hydrogen) atoms. The highest BCUT2D eigenvalue weighted by atomic mass is 32.2. The third kappa shape index (κ3) is 2.74. The van der Waals surface area contributed by atoms with E-state index in [0.29, 0.717) is 11.0 Å². The first-order valence-corrected chi connectivity index (χ1v) is 10.2. The fourth-order valence-corrected chi connectivity index (χ4v) is 4.63. The van der Waals surface area contributed by atoms with Crippen LogP contribution in [0.15, 0.2) is 53.7 Å². The standard InChI is InChI=1S/C21H19N5OS/c1-13(20(27)25-12-11-15-7-3-6-10-18(15)25)28-21-23-17-9-5-4-8-16(17)19-22-14(2)24-26(19)21/h3-10,13H,11-12H2,1-2H3. The van der Waals surface area contributed by atoms with Crippen molar-refractivity contribution in [2.75, 3.05) is 11.4 Å². The lowest BCUT2D eigenvalue weighted by Crippen LogP contribution is -2.35. The molecular weight excluding hydrogens is 370 g/mol. The SMILES string of the molecule is Cc1nc2c3ccccc3nc(SC(C)C(=O)N3CCc4ccccc43)n2n1. The van der Waals surface area contributed by atoms with E-state index in [2.05, 4.69) is 16.1 Å². The van der Waals surface area contributed by atoms with Crippen LogP contribution in [-0.4, -0.2) is 37.3 Å². The first-order chi connectivity index (χ1) is 13.6. The Labute approximate surface area is 166 Å². The Balaban J connectivity index is 1.50.